The molecule has 1 aliphatic rings. The molecule has 5 heteroatoms. The van der Waals surface area contributed by atoms with E-state index in [0.717, 1.165) is 19.4 Å². The lowest BCUT2D eigenvalue weighted by Gasteiger charge is -2.10. The van der Waals surface area contributed by atoms with Gasteiger partial charge in [-0.3, -0.25) is 4.79 Å². The molecule has 1 atom stereocenters. The van der Waals surface area contributed by atoms with Gasteiger partial charge in [-0.2, -0.15) is 5.26 Å². The molecule has 2 rings (SSSR count). The molecule has 20 heavy (non-hydrogen) atoms. The smallest absolute Gasteiger partial charge is 0.262 e. The van der Waals surface area contributed by atoms with E-state index in [1.807, 2.05) is 6.07 Å². The lowest BCUT2D eigenvalue weighted by atomic mass is 10.1. The monoisotopic (exact) mass is 290 g/mol. The third-order valence-electron chi connectivity index (χ3n) is 3.08. The average molecular weight is 291 g/mol. The highest BCUT2D eigenvalue weighted by atomic mass is 35.5. The third kappa shape index (κ3) is 3.83. The van der Waals surface area contributed by atoms with Crippen LogP contribution in [0.3, 0.4) is 0 Å². The van der Waals surface area contributed by atoms with Crippen LogP contribution in [0.25, 0.3) is 6.08 Å². The lowest BCUT2D eigenvalue weighted by Crippen LogP contribution is -2.32. The zero-order valence-electron chi connectivity index (χ0n) is 10.9. The molecule has 1 amide bonds. The number of benzene rings is 1. The van der Waals surface area contributed by atoms with Crippen molar-refractivity contribution in [2.75, 3.05) is 13.2 Å². The SMILES string of the molecule is N#C/C(=C\c1ccccc1Cl)C(=O)NC[C@@H]1CCCO1. The second kappa shape index (κ2) is 7.09. The first-order chi connectivity index (χ1) is 9.70. The van der Waals surface area contributed by atoms with Crippen LogP contribution in [0.1, 0.15) is 18.4 Å². The van der Waals surface area contributed by atoms with Crippen LogP contribution >= 0.6 is 11.6 Å². The minimum atomic E-state index is -0.400. The Morgan fingerprint density at radius 3 is 3.00 bits per heavy atom. The molecule has 1 fully saturated rings. The number of rotatable bonds is 4. The molecule has 1 heterocycles. The summed E-state index contributed by atoms with van der Waals surface area (Å²) >= 11 is 6.00. The quantitative estimate of drug-likeness (QED) is 0.685. The van der Waals surface area contributed by atoms with Crippen LogP contribution < -0.4 is 5.32 Å². The highest BCUT2D eigenvalue weighted by Gasteiger charge is 2.17. The van der Waals surface area contributed by atoms with Gasteiger partial charge in [-0.25, -0.2) is 0 Å². The van der Waals surface area contributed by atoms with E-state index < -0.39 is 5.91 Å². The van der Waals surface area contributed by atoms with Crippen molar-refractivity contribution in [3.63, 3.8) is 0 Å². The van der Waals surface area contributed by atoms with Crippen molar-refractivity contribution in [2.24, 2.45) is 0 Å². The van der Waals surface area contributed by atoms with E-state index in [1.54, 1.807) is 24.3 Å². The zero-order valence-corrected chi connectivity index (χ0v) is 11.7. The Balaban J connectivity index is 2.02. The summed E-state index contributed by atoms with van der Waals surface area (Å²) in [6.07, 6.45) is 3.50. The first-order valence-corrected chi connectivity index (χ1v) is 6.84. The van der Waals surface area contributed by atoms with Crippen molar-refractivity contribution in [3.05, 3.63) is 40.4 Å². The lowest BCUT2D eigenvalue weighted by molar-refractivity contribution is -0.117. The summed E-state index contributed by atoms with van der Waals surface area (Å²) in [6.45, 7) is 1.17. The minimum Gasteiger partial charge on any atom is -0.376 e. The highest BCUT2D eigenvalue weighted by molar-refractivity contribution is 6.32. The third-order valence-corrected chi connectivity index (χ3v) is 3.43. The average Bonchev–Trinajstić information content (AvgIpc) is 2.97. The second-order valence-corrected chi connectivity index (χ2v) is 4.94. The van der Waals surface area contributed by atoms with E-state index in [4.69, 9.17) is 21.6 Å². The Hall–Kier alpha value is -1.83. The van der Waals surface area contributed by atoms with Gasteiger partial charge in [-0.1, -0.05) is 29.8 Å². The number of carbonyl (C=O) groups is 1. The summed E-state index contributed by atoms with van der Waals surface area (Å²) in [5, 5.41) is 12.3. The molecule has 104 valence electrons. The number of carbonyl (C=O) groups excluding carboxylic acids is 1. The van der Waals surface area contributed by atoms with Crippen molar-refractivity contribution in [1.29, 1.82) is 5.26 Å². The van der Waals surface area contributed by atoms with Crippen LogP contribution in [0.15, 0.2) is 29.8 Å². The van der Waals surface area contributed by atoms with E-state index >= 15 is 0 Å². The van der Waals surface area contributed by atoms with Gasteiger partial charge in [0.15, 0.2) is 0 Å². The minimum absolute atomic E-state index is 0.0381. The molecule has 0 spiro atoms. The Kier molecular flexibility index (Phi) is 5.16. The molecule has 1 aromatic carbocycles. The number of nitrogens with zero attached hydrogens (tertiary/aromatic N) is 1. The van der Waals surface area contributed by atoms with E-state index in [0.29, 0.717) is 17.1 Å². The van der Waals surface area contributed by atoms with Crippen molar-refractivity contribution < 1.29 is 9.53 Å². The molecular formula is C15H15ClN2O2. The number of nitrogens with one attached hydrogen (secondary N) is 1. The summed E-state index contributed by atoms with van der Waals surface area (Å²) in [6, 6.07) is 8.97. The van der Waals surface area contributed by atoms with E-state index in [2.05, 4.69) is 5.32 Å². The fourth-order valence-electron chi connectivity index (χ4n) is 2.00. The van der Waals surface area contributed by atoms with Crippen molar-refractivity contribution >= 4 is 23.6 Å². The first-order valence-electron chi connectivity index (χ1n) is 6.47. The van der Waals surface area contributed by atoms with Crippen LogP contribution in [0.5, 0.6) is 0 Å². The van der Waals surface area contributed by atoms with E-state index in [9.17, 15) is 4.79 Å². The van der Waals surface area contributed by atoms with Crippen LogP contribution in [-0.2, 0) is 9.53 Å². The zero-order chi connectivity index (χ0) is 14.4. The molecular weight excluding hydrogens is 276 g/mol. The number of nitriles is 1. The number of hydrogen-bond acceptors (Lipinski definition) is 3. The molecule has 0 bridgehead atoms. The van der Waals surface area contributed by atoms with Gasteiger partial charge >= 0.3 is 0 Å². The van der Waals surface area contributed by atoms with E-state index in [-0.39, 0.29) is 11.7 Å². The molecule has 0 aliphatic carbocycles. The first kappa shape index (κ1) is 14.6. The van der Waals surface area contributed by atoms with Gasteiger partial charge in [0.2, 0.25) is 0 Å². The van der Waals surface area contributed by atoms with Crippen LogP contribution in [-0.4, -0.2) is 25.2 Å². The fourth-order valence-corrected chi connectivity index (χ4v) is 2.19. The number of halogens is 1. The maximum atomic E-state index is 11.9. The Morgan fingerprint density at radius 2 is 2.35 bits per heavy atom. The second-order valence-electron chi connectivity index (χ2n) is 4.54. The predicted molar refractivity (Wildman–Crippen MR) is 77.0 cm³/mol. The highest BCUT2D eigenvalue weighted by Crippen LogP contribution is 2.18. The molecule has 0 unspecified atom stereocenters. The summed E-state index contributed by atoms with van der Waals surface area (Å²) < 4.78 is 5.42. The van der Waals surface area contributed by atoms with E-state index in [1.165, 1.54) is 6.08 Å². The van der Waals surface area contributed by atoms with Gasteiger partial charge in [0.25, 0.3) is 5.91 Å². The number of ether oxygens (including phenoxy) is 1. The maximum Gasteiger partial charge on any atom is 0.262 e. The number of hydrogen-bond donors (Lipinski definition) is 1. The standard InChI is InChI=1S/C15H15ClN2O2/c16-14-6-2-1-4-11(14)8-12(9-17)15(19)18-10-13-5-3-7-20-13/h1-2,4,6,8,13H,3,5,7,10H2,(H,18,19)/b12-8+/t13-/m0/s1. The molecule has 0 aromatic heterocycles. The fraction of sp³-hybridized carbons (Fsp3) is 0.333. The predicted octanol–water partition coefficient (Wildman–Crippen LogP) is 2.54. The van der Waals surface area contributed by atoms with Crippen LogP contribution in [0.2, 0.25) is 5.02 Å². The molecule has 1 aromatic rings. The molecule has 4 nitrogen and oxygen atoms in total. The Bertz CT molecular complexity index is 557. The molecule has 1 saturated heterocycles. The Labute approximate surface area is 123 Å². The summed E-state index contributed by atoms with van der Waals surface area (Å²) in [7, 11) is 0. The molecule has 1 aliphatic heterocycles. The van der Waals surface area contributed by atoms with Gasteiger partial charge < -0.3 is 10.1 Å². The van der Waals surface area contributed by atoms with Crippen LogP contribution in [0, 0.1) is 11.3 Å². The van der Waals surface area contributed by atoms with Gasteiger partial charge in [0.1, 0.15) is 11.6 Å². The Morgan fingerprint density at radius 1 is 1.55 bits per heavy atom. The van der Waals surface area contributed by atoms with Gasteiger partial charge in [0, 0.05) is 18.2 Å². The maximum absolute atomic E-state index is 11.9. The van der Waals surface area contributed by atoms with Gasteiger partial charge in [0.05, 0.1) is 6.10 Å². The summed E-state index contributed by atoms with van der Waals surface area (Å²) in [5.74, 6) is -0.400. The largest absolute Gasteiger partial charge is 0.376 e. The van der Waals surface area contributed by atoms with Crippen molar-refractivity contribution in [3.8, 4) is 6.07 Å². The van der Waals surface area contributed by atoms with Crippen molar-refractivity contribution in [1.82, 2.24) is 5.32 Å². The molecule has 0 radical (unpaired) electrons. The number of amides is 1. The topological polar surface area (TPSA) is 62.1 Å². The summed E-state index contributed by atoms with van der Waals surface area (Å²) in [4.78, 5) is 11.9. The van der Waals surface area contributed by atoms with Crippen LogP contribution in [0.4, 0.5) is 0 Å². The normalized spacial score (nSPS) is 18.6. The molecule has 1 N–H and O–H groups in total. The summed E-state index contributed by atoms with van der Waals surface area (Å²) in [5.41, 5.74) is 0.689. The van der Waals surface area contributed by atoms with Gasteiger partial charge in [-0.15, -0.1) is 0 Å². The van der Waals surface area contributed by atoms with Gasteiger partial charge in [-0.05, 0) is 30.5 Å². The van der Waals surface area contributed by atoms with Crippen molar-refractivity contribution in [2.45, 2.75) is 18.9 Å². The molecule has 0 saturated carbocycles.